The highest BCUT2D eigenvalue weighted by Crippen LogP contribution is 2.16. The van der Waals surface area contributed by atoms with Crippen LogP contribution < -0.4 is 0 Å². The molecule has 0 unspecified atom stereocenters. The summed E-state index contributed by atoms with van der Waals surface area (Å²) in [5.74, 6) is 0. The van der Waals surface area contributed by atoms with Crippen LogP contribution in [0.5, 0.6) is 0 Å². The molecular weight excluding hydrogens is 222 g/mol. The van der Waals surface area contributed by atoms with Crippen molar-refractivity contribution in [2.75, 3.05) is 13.2 Å². The molecule has 0 aliphatic carbocycles. The van der Waals surface area contributed by atoms with Crippen molar-refractivity contribution < 1.29 is 8.85 Å². The number of hydrogen-bond donors (Lipinski definition) is 0. The highest BCUT2D eigenvalue weighted by molar-refractivity contribution is 6.66. The Morgan fingerprint density at radius 3 is 2.44 bits per heavy atom. The highest BCUT2D eigenvalue weighted by atomic mass is 28.4. The molecule has 0 N–H and O–H groups in total. The van der Waals surface area contributed by atoms with Gasteiger partial charge in [-0.25, -0.2) is 4.98 Å². The Hall–Kier alpha value is -0.723. The van der Waals surface area contributed by atoms with Gasteiger partial charge in [0.15, 0.2) is 0 Å². The summed E-state index contributed by atoms with van der Waals surface area (Å²) in [5, 5.41) is 4.07. The minimum absolute atomic E-state index is 0.728. The normalized spacial score (nSPS) is 11.9. The fourth-order valence-electron chi connectivity index (χ4n) is 1.71. The van der Waals surface area contributed by atoms with Crippen LogP contribution >= 0.6 is 0 Å². The van der Waals surface area contributed by atoms with Gasteiger partial charge in [-0.15, -0.1) is 0 Å². The Labute approximate surface area is 98.0 Å². The fraction of sp³-hybridized carbons (Fsp3) is 0.800. The van der Waals surface area contributed by atoms with Crippen molar-refractivity contribution in [3.63, 3.8) is 0 Å². The van der Waals surface area contributed by atoms with Gasteiger partial charge in [0.2, 0.25) is 0 Å². The Balaban J connectivity index is 2.32. The first-order chi connectivity index (χ1) is 7.70. The summed E-state index contributed by atoms with van der Waals surface area (Å²) in [6.45, 7) is 8.49. The van der Waals surface area contributed by atoms with Crippen LogP contribution in [0.2, 0.25) is 12.6 Å². The van der Waals surface area contributed by atoms with Crippen LogP contribution in [0, 0.1) is 0 Å². The van der Waals surface area contributed by atoms with Gasteiger partial charge in [-0.3, -0.25) is 4.68 Å². The molecule has 92 valence electrons. The van der Waals surface area contributed by atoms with Gasteiger partial charge >= 0.3 is 8.56 Å². The van der Waals surface area contributed by atoms with E-state index in [1.165, 1.54) is 0 Å². The van der Waals surface area contributed by atoms with Gasteiger partial charge in [0.25, 0.3) is 0 Å². The lowest BCUT2D eigenvalue weighted by Crippen LogP contribution is -2.38. The number of aromatic nitrogens is 3. The van der Waals surface area contributed by atoms with E-state index in [1.54, 1.807) is 12.7 Å². The number of hydrogen-bond acceptors (Lipinski definition) is 4. The molecule has 0 saturated heterocycles. The van der Waals surface area contributed by atoms with E-state index < -0.39 is 8.56 Å². The minimum atomic E-state index is -1.94. The molecule has 0 amide bonds. The van der Waals surface area contributed by atoms with Gasteiger partial charge in [-0.05, 0) is 32.9 Å². The summed E-state index contributed by atoms with van der Waals surface area (Å²) in [7, 11) is -1.94. The van der Waals surface area contributed by atoms with Crippen LogP contribution in [-0.2, 0) is 15.4 Å². The average Bonchev–Trinajstić information content (AvgIpc) is 2.71. The van der Waals surface area contributed by atoms with Gasteiger partial charge in [-0.2, -0.15) is 5.10 Å². The summed E-state index contributed by atoms with van der Waals surface area (Å²) in [5.41, 5.74) is 0. The molecule has 0 aromatic carbocycles. The molecule has 0 saturated carbocycles. The van der Waals surface area contributed by atoms with Gasteiger partial charge in [0.05, 0.1) is 0 Å². The molecule has 0 fully saturated rings. The van der Waals surface area contributed by atoms with Crippen molar-refractivity contribution in [2.45, 2.75) is 39.4 Å². The van der Waals surface area contributed by atoms with E-state index in [1.807, 2.05) is 18.5 Å². The number of aryl methyl sites for hydroxylation is 1. The number of nitrogens with zero attached hydrogens (tertiary/aromatic N) is 3. The average molecular weight is 243 g/mol. The fourth-order valence-corrected chi connectivity index (χ4v) is 4.10. The molecule has 6 heteroatoms. The largest absolute Gasteiger partial charge is 0.395 e. The molecule has 0 aliphatic rings. The molecule has 0 aliphatic heterocycles. The van der Waals surface area contributed by atoms with Crippen LogP contribution in [-0.4, -0.2) is 36.5 Å². The lowest BCUT2D eigenvalue weighted by atomic mass is 10.5. The van der Waals surface area contributed by atoms with E-state index in [0.29, 0.717) is 0 Å². The third-order valence-corrected chi connectivity index (χ3v) is 5.44. The molecule has 1 heterocycles. The first-order valence-corrected chi connectivity index (χ1v) is 8.33. The summed E-state index contributed by atoms with van der Waals surface area (Å²) in [6.07, 6.45) is 4.31. The van der Waals surface area contributed by atoms with E-state index in [9.17, 15) is 0 Å². The molecule has 1 aromatic heterocycles. The van der Waals surface area contributed by atoms with Crippen LogP contribution in [0.4, 0.5) is 0 Å². The van der Waals surface area contributed by atoms with Crippen molar-refractivity contribution >= 4 is 8.56 Å². The monoisotopic (exact) mass is 243 g/mol. The first kappa shape index (κ1) is 13.3. The predicted octanol–water partition coefficient (Wildman–Crippen LogP) is 1.81. The second-order valence-corrected chi connectivity index (χ2v) is 7.11. The van der Waals surface area contributed by atoms with Gasteiger partial charge < -0.3 is 8.85 Å². The summed E-state index contributed by atoms with van der Waals surface area (Å²) < 4.78 is 13.4. The molecule has 1 rings (SSSR count). The predicted molar refractivity (Wildman–Crippen MR) is 64.3 cm³/mol. The first-order valence-electron chi connectivity index (χ1n) is 5.80. The summed E-state index contributed by atoms with van der Waals surface area (Å²) in [4.78, 5) is 3.91. The SMILES string of the molecule is CCO[Si](C)(CCCn1cncn1)OCC. The van der Waals surface area contributed by atoms with Crippen molar-refractivity contribution in [1.29, 1.82) is 0 Å². The quantitative estimate of drug-likeness (QED) is 0.653. The van der Waals surface area contributed by atoms with Crippen LogP contribution in [0.25, 0.3) is 0 Å². The third-order valence-electron chi connectivity index (χ3n) is 2.38. The van der Waals surface area contributed by atoms with Crippen molar-refractivity contribution in [1.82, 2.24) is 14.8 Å². The van der Waals surface area contributed by atoms with Crippen molar-refractivity contribution in [3.05, 3.63) is 12.7 Å². The number of rotatable bonds is 8. The van der Waals surface area contributed by atoms with Crippen molar-refractivity contribution in [2.24, 2.45) is 0 Å². The second kappa shape index (κ2) is 6.77. The molecule has 0 atom stereocenters. The van der Waals surface area contributed by atoms with E-state index in [-0.39, 0.29) is 0 Å². The van der Waals surface area contributed by atoms with Gasteiger partial charge in [0.1, 0.15) is 12.7 Å². The van der Waals surface area contributed by atoms with E-state index in [2.05, 4.69) is 16.6 Å². The zero-order chi connectivity index (χ0) is 11.9. The maximum absolute atomic E-state index is 5.76. The minimum Gasteiger partial charge on any atom is -0.395 e. The topological polar surface area (TPSA) is 49.2 Å². The maximum Gasteiger partial charge on any atom is 0.334 e. The molecule has 16 heavy (non-hydrogen) atoms. The smallest absolute Gasteiger partial charge is 0.334 e. The molecule has 0 bridgehead atoms. The van der Waals surface area contributed by atoms with Crippen LogP contribution in [0.1, 0.15) is 20.3 Å². The van der Waals surface area contributed by atoms with Gasteiger partial charge in [-0.1, -0.05) is 0 Å². The second-order valence-electron chi connectivity index (χ2n) is 3.76. The maximum atomic E-state index is 5.76. The molecule has 0 radical (unpaired) electrons. The molecule has 1 aromatic rings. The summed E-state index contributed by atoms with van der Waals surface area (Å²) in [6, 6.07) is 0.995. The Morgan fingerprint density at radius 2 is 1.94 bits per heavy atom. The summed E-state index contributed by atoms with van der Waals surface area (Å²) >= 11 is 0. The van der Waals surface area contributed by atoms with E-state index in [0.717, 1.165) is 32.2 Å². The van der Waals surface area contributed by atoms with E-state index >= 15 is 0 Å². The third kappa shape index (κ3) is 4.42. The Morgan fingerprint density at radius 1 is 1.25 bits per heavy atom. The van der Waals surface area contributed by atoms with Crippen LogP contribution in [0.3, 0.4) is 0 Å². The zero-order valence-electron chi connectivity index (χ0n) is 10.3. The molecule has 0 spiro atoms. The molecular formula is C10H21N3O2Si. The standard InChI is InChI=1S/C10H21N3O2Si/c1-4-14-16(3,15-5-2)8-6-7-13-10-11-9-12-13/h9-10H,4-8H2,1-3H3. The van der Waals surface area contributed by atoms with Crippen molar-refractivity contribution in [3.8, 4) is 0 Å². The van der Waals surface area contributed by atoms with E-state index in [4.69, 9.17) is 8.85 Å². The Kier molecular flexibility index (Phi) is 5.65. The highest BCUT2D eigenvalue weighted by Gasteiger charge is 2.29. The molecule has 5 nitrogen and oxygen atoms in total. The zero-order valence-corrected chi connectivity index (χ0v) is 11.3. The Bertz CT molecular complexity index is 274. The van der Waals surface area contributed by atoms with Crippen LogP contribution in [0.15, 0.2) is 12.7 Å². The van der Waals surface area contributed by atoms with Gasteiger partial charge in [0, 0.05) is 19.8 Å². The lowest BCUT2D eigenvalue weighted by Gasteiger charge is -2.25. The lowest BCUT2D eigenvalue weighted by molar-refractivity contribution is 0.187.